The Hall–Kier alpha value is -1.81. The maximum Gasteiger partial charge on any atom is 0.200 e. The van der Waals surface area contributed by atoms with Gasteiger partial charge in [-0.2, -0.15) is 4.73 Å². The normalized spacial score (nSPS) is 17.2. The molecule has 0 saturated carbocycles. The van der Waals surface area contributed by atoms with Gasteiger partial charge in [0.1, 0.15) is 0 Å². The van der Waals surface area contributed by atoms with Gasteiger partial charge in [-0.1, -0.05) is 25.4 Å². The predicted molar refractivity (Wildman–Crippen MR) is 76.8 cm³/mol. The van der Waals surface area contributed by atoms with Gasteiger partial charge in [0.15, 0.2) is 5.78 Å². The monoisotopic (exact) mass is 291 g/mol. The molecule has 0 unspecified atom stereocenters. The number of hydrogen-bond acceptors (Lipinski definition) is 3. The minimum atomic E-state index is -0.344. The van der Waals surface area contributed by atoms with E-state index < -0.39 is 0 Å². The first-order chi connectivity index (χ1) is 9.30. The van der Waals surface area contributed by atoms with Crippen LogP contribution in [-0.4, -0.2) is 15.7 Å². The van der Waals surface area contributed by atoms with Gasteiger partial charge in [-0.15, -0.1) is 0 Å². The molecule has 4 nitrogen and oxygen atoms in total. The standard InChI is InChI=1S/C15H14ClNO3/c1-15(2)6-11-13(12(18)7-15)14(19)9-5-8(16)3-4-10(9)17(11)20/h3-5,20H,6-7H2,1-2H3. The van der Waals surface area contributed by atoms with Crippen LogP contribution in [0.4, 0.5) is 0 Å². The van der Waals surface area contributed by atoms with E-state index in [9.17, 15) is 14.8 Å². The topological polar surface area (TPSA) is 59.3 Å². The molecule has 0 saturated heterocycles. The van der Waals surface area contributed by atoms with E-state index in [-0.39, 0.29) is 27.6 Å². The van der Waals surface area contributed by atoms with Crippen molar-refractivity contribution in [1.82, 2.24) is 4.73 Å². The van der Waals surface area contributed by atoms with Gasteiger partial charge >= 0.3 is 0 Å². The third-order valence-electron chi connectivity index (χ3n) is 3.77. The van der Waals surface area contributed by atoms with Gasteiger partial charge in [0, 0.05) is 11.4 Å². The van der Waals surface area contributed by atoms with Crippen molar-refractivity contribution in [3.8, 4) is 0 Å². The minimum Gasteiger partial charge on any atom is -0.428 e. The highest BCUT2D eigenvalue weighted by Crippen LogP contribution is 2.34. The lowest BCUT2D eigenvalue weighted by Crippen LogP contribution is -2.34. The molecule has 3 rings (SSSR count). The third kappa shape index (κ3) is 1.83. The fraction of sp³-hybridized carbons (Fsp3) is 0.333. The van der Waals surface area contributed by atoms with E-state index in [0.717, 1.165) is 4.73 Å². The highest BCUT2D eigenvalue weighted by Gasteiger charge is 2.35. The molecule has 5 heteroatoms. The Morgan fingerprint density at radius 3 is 2.65 bits per heavy atom. The summed E-state index contributed by atoms with van der Waals surface area (Å²) < 4.78 is 0.960. The Balaban J connectivity index is 2.45. The van der Waals surface area contributed by atoms with Gasteiger partial charge in [-0.05, 0) is 30.0 Å². The Morgan fingerprint density at radius 2 is 1.95 bits per heavy atom. The Morgan fingerprint density at radius 1 is 1.25 bits per heavy atom. The summed E-state index contributed by atoms with van der Waals surface area (Å²) >= 11 is 5.89. The fourth-order valence-corrected chi connectivity index (χ4v) is 3.05. The number of pyridine rings is 1. The molecule has 0 aliphatic heterocycles. The summed E-state index contributed by atoms with van der Waals surface area (Å²) in [5.41, 5.74) is 0.265. The second-order valence-corrected chi connectivity index (χ2v) is 6.50. The van der Waals surface area contributed by atoms with Crippen molar-refractivity contribution in [3.05, 3.63) is 44.7 Å². The summed E-state index contributed by atoms with van der Waals surface area (Å²) in [5.74, 6) is -0.217. The second kappa shape index (κ2) is 4.09. The molecular weight excluding hydrogens is 278 g/mol. The van der Waals surface area contributed by atoms with Crippen LogP contribution in [0.3, 0.4) is 0 Å². The number of benzene rings is 1. The number of carbonyl (C=O) groups is 1. The highest BCUT2D eigenvalue weighted by molar-refractivity contribution is 6.31. The Kier molecular flexibility index (Phi) is 2.70. The minimum absolute atomic E-state index is 0.0987. The maximum absolute atomic E-state index is 12.5. The molecule has 1 N–H and O–H groups in total. The van der Waals surface area contributed by atoms with Crippen molar-refractivity contribution in [2.24, 2.45) is 5.41 Å². The van der Waals surface area contributed by atoms with E-state index in [1.165, 1.54) is 6.07 Å². The van der Waals surface area contributed by atoms with E-state index in [2.05, 4.69) is 0 Å². The van der Waals surface area contributed by atoms with E-state index >= 15 is 0 Å². The van der Waals surface area contributed by atoms with Crippen LogP contribution in [0.15, 0.2) is 23.0 Å². The Labute approximate surface area is 120 Å². The van der Waals surface area contributed by atoms with Crippen LogP contribution < -0.4 is 5.43 Å². The number of hydrogen-bond donors (Lipinski definition) is 1. The molecule has 1 heterocycles. The molecular formula is C15H14ClNO3. The largest absolute Gasteiger partial charge is 0.428 e. The van der Waals surface area contributed by atoms with Gasteiger partial charge in [0.05, 0.1) is 22.2 Å². The molecule has 0 radical (unpaired) electrons. The van der Waals surface area contributed by atoms with Crippen molar-refractivity contribution in [3.63, 3.8) is 0 Å². The molecule has 1 aromatic carbocycles. The van der Waals surface area contributed by atoms with E-state index in [1.807, 2.05) is 13.8 Å². The lowest BCUT2D eigenvalue weighted by atomic mass is 9.75. The van der Waals surface area contributed by atoms with Gasteiger partial charge < -0.3 is 5.21 Å². The second-order valence-electron chi connectivity index (χ2n) is 6.07. The first-order valence-corrected chi connectivity index (χ1v) is 6.77. The number of ketones is 1. The van der Waals surface area contributed by atoms with E-state index in [0.29, 0.717) is 29.1 Å². The maximum atomic E-state index is 12.5. The van der Waals surface area contributed by atoms with E-state index in [1.54, 1.807) is 12.1 Å². The molecule has 20 heavy (non-hydrogen) atoms. The van der Waals surface area contributed by atoms with Gasteiger partial charge in [-0.25, -0.2) is 0 Å². The van der Waals surface area contributed by atoms with Crippen LogP contribution in [0.1, 0.15) is 36.3 Å². The summed E-state index contributed by atoms with van der Waals surface area (Å²) in [4.78, 5) is 24.7. The fourth-order valence-electron chi connectivity index (χ4n) is 2.88. The molecule has 0 amide bonds. The molecule has 0 fully saturated rings. The molecule has 1 aliphatic rings. The van der Waals surface area contributed by atoms with Crippen molar-refractivity contribution < 1.29 is 10.0 Å². The number of fused-ring (bicyclic) bond motifs is 2. The zero-order valence-electron chi connectivity index (χ0n) is 11.2. The highest BCUT2D eigenvalue weighted by atomic mass is 35.5. The zero-order valence-corrected chi connectivity index (χ0v) is 12.0. The van der Waals surface area contributed by atoms with Crippen LogP contribution in [0, 0.1) is 5.41 Å². The Bertz CT molecular complexity index is 805. The van der Waals surface area contributed by atoms with E-state index in [4.69, 9.17) is 11.6 Å². The van der Waals surface area contributed by atoms with Crippen molar-refractivity contribution in [1.29, 1.82) is 0 Å². The number of aromatic nitrogens is 1. The summed E-state index contributed by atoms with van der Waals surface area (Å²) in [6, 6.07) is 4.68. The first kappa shape index (κ1) is 13.2. The first-order valence-electron chi connectivity index (χ1n) is 6.40. The molecule has 0 atom stereocenters. The quantitative estimate of drug-likeness (QED) is 0.759. The number of rotatable bonds is 0. The van der Waals surface area contributed by atoms with Gasteiger partial charge in [0.2, 0.25) is 5.43 Å². The van der Waals surface area contributed by atoms with Crippen LogP contribution >= 0.6 is 11.6 Å². The lowest BCUT2D eigenvalue weighted by Gasteiger charge is -2.30. The molecule has 1 aromatic heterocycles. The predicted octanol–water partition coefficient (Wildman–Crippen LogP) is 3.05. The average molecular weight is 292 g/mol. The molecule has 1 aliphatic carbocycles. The van der Waals surface area contributed by atoms with Crippen molar-refractivity contribution in [2.75, 3.05) is 0 Å². The van der Waals surface area contributed by atoms with Gasteiger partial charge in [0.25, 0.3) is 0 Å². The lowest BCUT2D eigenvalue weighted by molar-refractivity contribution is 0.0885. The van der Waals surface area contributed by atoms with Crippen molar-refractivity contribution in [2.45, 2.75) is 26.7 Å². The molecule has 2 aromatic rings. The number of Topliss-reactive ketones (excluding diaryl/α,β-unsaturated/α-hetero) is 1. The van der Waals surface area contributed by atoms with Crippen LogP contribution in [-0.2, 0) is 6.42 Å². The molecule has 0 spiro atoms. The average Bonchev–Trinajstić information content (AvgIpc) is 2.34. The number of nitrogens with zero attached hydrogens (tertiary/aromatic N) is 1. The summed E-state index contributed by atoms with van der Waals surface area (Å²) in [6.45, 7) is 3.90. The van der Waals surface area contributed by atoms with Gasteiger partial charge in [-0.3, -0.25) is 9.59 Å². The SMILES string of the molecule is CC1(C)CC(=O)c2c(n(O)c3ccc(Cl)cc3c2=O)C1. The summed E-state index contributed by atoms with van der Waals surface area (Å²) in [6.07, 6.45) is 0.791. The van der Waals surface area contributed by atoms with Crippen LogP contribution in [0.2, 0.25) is 5.02 Å². The smallest absolute Gasteiger partial charge is 0.200 e. The summed E-state index contributed by atoms with van der Waals surface area (Å²) in [5, 5.41) is 11.0. The zero-order chi connectivity index (χ0) is 14.7. The molecule has 0 bridgehead atoms. The third-order valence-corrected chi connectivity index (χ3v) is 4.00. The number of halogens is 1. The van der Waals surface area contributed by atoms with Crippen molar-refractivity contribution >= 4 is 28.3 Å². The van der Waals surface area contributed by atoms with Crippen LogP contribution in [0.25, 0.3) is 10.9 Å². The molecule has 104 valence electrons. The summed E-state index contributed by atoms with van der Waals surface area (Å²) in [7, 11) is 0. The number of carbonyl (C=O) groups excluding carboxylic acids is 1. The van der Waals surface area contributed by atoms with Crippen LogP contribution in [0.5, 0.6) is 0 Å².